The molecule has 0 aliphatic heterocycles. The summed E-state index contributed by atoms with van der Waals surface area (Å²) in [7, 11) is 3.48. The van der Waals surface area contributed by atoms with E-state index in [1.54, 1.807) is 31.4 Å². The van der Waals surface area contributed by atoms with Gasteiger partial charge in [-0.2, -0.15) is 5.26 Å². The minimum atomic E-state index is -1.26. The molecule has 29 heavy (non-hydrogen) atoms. The maximum absolute atomic E-state index is 9.55. The van der Waals surface area contributed by atoms with E-state index in [1.807, 2.05) is 19.2 Å². The lowest BCUT2D eigenvalue weighted by atomic mass is 10.2. The molecule has 0 spiro atoms. The summed E-state index contributed by atoms with van der Waals surface area (Å²) in [5.74, 6) is -0.673. The Kier molecular flexibility index (Phi) is 9.74. The van der Waals surface area contributed by atoms with E-state index in [4.69, 9.17) is 36.5 Å². The van der Waals surface area contributed by atoms with Crippen LogP contribution in [0.2, 0.25) is 5.02 Å². The number of carbonyl (C=O) groups is 2. The van der Waals surface area contributed by atoms with Gasteiger partial charge in [-0.05, 0) is 37.4 Å². The monoisotopic (exact) mass is 418 g/mol. The van der Waals surface area contributed by atoms with E-state index < -0.39 is 11.9 Å². The van der Waals surface area contributed by atoms with Crippen LogP contribution in [0.5, 0.6) is 17.2 Å². The molecule has 0 aliphatic carbocycles. The first kappa shape index (κ1) is 23.5. The summed E-state index contributed by atoms with van der Waals surface area (Å²) in [5, 5.41) is 28.3. The fourth-order valence-electron chi connectivity index (χ4n) is 2.09. The highest BCUT2D eigenvalue weighted by atomic mass is 35.5. The van der Waals surface area contributed by atoms with Crippen LogP contribution in [-0.2, 0) is 16.1 Å². The smallest absolute Gasteiger partial charge is 0.328 e. The van der Waals surface area contributed by atoms with Crippen LogP contribution < -0.4 is 14.8 Å². The molecular formula is C20H19ClN2O6. The topological polar surface area (TPSA) is 129 Å². The van der Waals surface area contributed by atoms with Gasteiger partial charge in [-0.1, -0.05) is 11.6 Å². The zero-order valence-corrected chi connectivity index (χ0v) is 16.4. The fraction of sp³-hybridized carbons (Fsp3) is 0.150. The van der Waals surface area contributed by atoms with E-state index >= 15 is 0 Å². The number of benzene rings is 2. The lowest BCUT2D eigenvalue weighted by molar-refractivity contribution is -0.134. The van der Waals surface area contributed by atoms with Gasteiger partial charge in [-0.25, -0.2) is 9.59 Å². The molecule has 8 nitrogen and oxygen atoms in total. The van der Waals surface area contributed by atoms with Gasteiger partial charge < -0.3 is 25.0 Å². The Morgan fingerprint density at radius 1 is 1.14 bits per heavy atom. The third-order valence-electron chi connectivity index (χ3n) is 3.28. The zero-order chi connectivity index (χ0) is 21.8. The highest BCUT2D eigenvalue weighted by molar-refractivity contribution is 6.30. The lowest BCUT2D eigenvalue weighted by Gasteiger charge is -2.12. The Balaban J connectivity index is 0.000000447. The molecule has 0 saturated heterocycles. The number of halogens is 1. The van der Waals surface area contributed by atoms with Gasteiger partial charge in [0.2, 0.25) is 0 Å². The molecule has 0 aliphatic rings. The van der Waals surface area contributed by atoms with Crippen molar-refractivity contribution in [2.45, 2.75) is 6.54 Å². The molecule has 152 valence electrons. The maximum atomic E-state index is 9.55. The molecule has 0 saturated carbocycles. The van der Waals surface area contributed by atoms with Crippen LogP contribution in [0, 0.1) is 11.3 Å². The number of hydrogen-bond acceptors (Lipinski definition) is 6. The summed E-state index contributed by atoms with van der Waals surface area (Å²) in [6, 6.07) is 12.5. The molecule has 2 aromatic rings. The van der Waals surface area contributed by atoms with Crippen LogP contribution >= 0.6 is 11.6 Å². The van der Waals surface area contributed by atoms with Crippen molar-refractivity contribution in [3.8, 4) is 23.3 Å². The van der Waals surface area contributed by atoms with Gasteiger partial charge in [-0.15, -0.1) is 0 Å². The summed E-state index contributed by atoms with van der Waals surface area (Å²) in [6.45, 7) is 0.654. The fourth-order valence-corrected chi connectivity index (χ4v) is 2.25. The quantitative estimate of drug-likeness (QED) is 0.583. The van der Waals surface area contributed by atoms with Crippen molar-refractivity contribution in [2.75, 3.05) is 14.2 Å². The van der Waals surface area contributed by atoms with Crippen LogP contribution in [0.4, 0.5) is 0 Å². The number of carboxylic acids is 2. The Morgan fingerprint density at radius 2 is 1.79 bits per heavy atom. The number of nitriles is 1. The first-order valence-corrected chi connectivity index (χ1v) is 8.51. The van der Waals surface area contributed by atoms with Crippen LogP contribution in [0.25, 0.3) is 0 Å². The maximum Gasteiger partial charge on any atom is 0.328 e. The zero-order valence-electron chi connectivity index (χ0n) is 15.7. The van der Waals surface area contributed by atoms with E-state index in [0.29, 0.717) is 40.8 Å². The van der Waals surface area contributed by atoms with E-state index in [0.717, 1.165) is 11.3 Å². The van der Waals surface area contributed by atoms with Gasteiger partial charge in [0.1, 0.15) is 23.3 Å². The highest BCUT2D eigenvalue weighted by Crippen LogP contribution is 2.31. The van der Waals surface area contributed by atoms with Crippen LogP contribution in [0.15, 0.2) is 48.6 Å². The number of rotatable bonds is 7. The van der Waals surface area contributed by atoms with Gasteiger partial charge in [-0.3, -0.25) is 0 Å². The Hall–Kier alpha value is -3.54. The lowest BCUT2D eigenvalue weighted by Crippen LogP contribution is -2.06. The number of methoxy groups -OCH3 is 1. The summed E-state index contributed by atoms with van der Waals surface area (Å²) in [6.07, 6.45) is 1.12. The van der Waals surface area contributed by atoms with Gasteiger partial charge >= 0.3 is 11.9 Å². The molecule has 0 aromatic heterocycles. The van der Waals surface area contributed by atoms with Crippen molar-refractivity contribution in [1.29, 1.82) is 5.26 Å². The second-order valence-electron chi connectivity index (χ2n) is 5.37. The van der Waals surface area contributed by atoms with Crippen molar-refractivity contribution in [3.05, 3.63) is 64.7 Å². The molecule has 0 fully saturated rings. The number of carboxylic acid groups (broad SMARTS) is 2. The van der Waals surface area contributed by atoms with Crippen molar-refractivity contribution in [2.24, 2.45) is 0 Å². The molecule has 0 unspecified atom stereocenters. The Morgan fingerprint density at radius 3 is 2.31 bits per heavy atom. The van der Waals surface area contributed by atoms with Gasteiger partial charge in [0.25, 0.3) is 0 Å². The summed E-state index contributed by atoms with van der Waals surface area (Å²) in [5.41, 5.74) is 1.41. The highest BCUT2D eigenvalue weighted by Gasteiger charge is 2.09. The minimum Gasteiger partial charge on any atom is -0.496 e. The van der Waals surface area contributed by atoms with Crippen molar-refractivity contribution in [3.63, 3.8) is 0 Å². The predicted molar refractivity (Wildman–Crippen MR) is 106 cm³/mol. The second kappa shape index (κ2) is 12.0. The largest absolute Gasteiger partial charge is 0.496 e. The average molecular weight is 419 g/mol. The molecular weight excluding hydrogens is 400 g/mol. The molecule has 2 aromatic carbocycles. The van der Waals surface area contributed by atoms with Crippen molar-refractivity contribution >= 4 is 23.5 Å². The second-order valence-corrected chi connectivity index (χ2v) is 5.80. The van der Waals surface area contributed by atoms with E-state index in [-0.39, 0.29) is 0 Å². The number of hydrogen-bond donors (Lipinski definition) is 3. The summed E-state index contributed by atoms with van der Waals surface area (Å²) >= 11 is 5.95. The van der Waals surface area contributed by atoms with Crippen LogP contribution in [0.3, 0.4) is 0 Å². The van der Waals surface area contributed by atoms with Gasteiger partial charge in [0, 0.05) is 35.3 Å². The molecule has 0 heterocycles. The normalized spacial score (nSPS) is 9.86. The SMILES string of the molecule is CNCc1cc(Oc2cc(Cl)ccc2C#N)ccc1OC.O=C(O)/C=C/C(=O)O. The van der Waals surface area contributed by atoms with Gasteiger partial charge in [0.15, 0.2) is 0 Å². The summed E-state index contributed by atoms with van der Waals surface area (Å²) in [4.78, 5) is 19.1. The molecule has 2 rings (SSSR count). The van der Waals surface area contributed by atoms with E-state index in [2.05, 4.69) is 11.4 Å². The average Bonchev–Trinajstić information content (AvgIpc) is 2.68. The van der Waals surface area contributed by atoms with E-state index in [9.17, 15) is 9.59 Å². The third-order valence-corrected chi connectivity index (χ3v) is 3.51. The molecule has 0 amide bonds. The van der Waals surface area contributed by atoms with Crippen LogP contribution in [0.1, 0.15) is 11.1 Å². The number of aliphatic carboxylic acids is 2. The Labute approximate surface area is 172 Å². The predicted octanol–water partition coefficient (Wildman–Crippen LogP) is 3.44. The third kappa shape index (κ3) is 8.34. The minimum absolute atomic E-state index is 0.436. The molecule has 0 radical (unpaired) electrons. The van der Waals surface area contributed by atoms with Gasteiger partial charge in [0.05, 0.1) is 12.7 Å². The number of nitrogens with zero attached hydrogens (tertiary/aromatic N) is 1. The molecule has 3 N–H and O–H groups in total. The summed E-state index contributed by atoms with van der Waals surface area (Å²) < 4.78 is 11.1. The van der Waals surface area contributed by atoms with Crippen LogP contribution in [-0.4, -0.2) is 36.3 Å². The first-order valence-electron chi connectivity index (χ1n) is 8.13. The molecule has 9 heteroatoms. The Bertz CT molecular complexity index is 921. The van der Waals surface area contributed by atoms with E-state index in [1.165, 1.54) is 0 Å². The van der Waals surface area contributed by atoms with Crippen molar-refractivity contribution < 1.29 is 29.3 Å². The molecule has 0 atom stereocenters. The standard InChI is InChI=1S/C16H15ClN2O2.C4H4O4/c1-19-10-12-7-14(5-6-15(12)20-2)21-16-8-13(17)4-3-11(16)9-18;5-3(6)1-2-4(7)8/h3-8,19H,10H2,1-2H3;1-2H,(H,5,6)(H,7,8)/b;2-1+. The van der Waals surface area contributed by atoms with Crippen molar-refractivity contribution in [1.82, 2.24) is 5.32 Å². The molecule has 0 bridgehead atoms. The number of nitrogens with one attached hydrogen (secondary N) is 1. The number of ether oxygens (including phenoxy) is 2. The first-order chi connectivity index (χ1) is 13.8.